The predicted octanol–water partition coefficient (Wildman–Crippen LogP) is 2.09. The van der Waals surface area contributed by atoms with Gasteiger partial charge in [0.2, 0.25) is 0 Å². The van der Waals surface area contributed by atoms with Crippen LogP contribution in [0.1, 0.15) is 13.8 Å². The maximum atomic E-state index is 9.16. The molecule has 1 unspecified atom stereocenters. The molecule has 0 aliphatic rings. The molecule has 3 nitrogen and oxygen atoms in total. The Morgan fingerprint density at radius 1 is 1.20 bits per heavy atom. The molecular formula is C12H18O3. The maximum Gasteiger partial charge on any atom is 0.161 e. The third-order valence-electron chi connectivity index (χ3n) is 2.27. The number of rotatable bonds is 5. The number of aliphatic hydroxyl groups excluding tert-OH is 1. The van der Waals surface area contributed by atoms with E-state index < -0.39 is 0 Å². The highest BCUT2D eigenvalue weighted by molar-refractivity contribution is 5.39. The first-order chi connectivity index (χ1) is 7.19. The SMILES string of the molecule is COc1ccccc1OC(CO)C(C)C. The first-order valence-corrected chi connectivity index (χ1v) is 5.09. The zero-order valence-electron chi connectivity index (χ0n) is 9.43. The standard InChI is InChI=1S/C12H18O3/c1-9(2)12(8-13)15-11-7-5-4-6-10(11)14-3/h4-7,9,12-13H,8H2,1-3H3. The lowest BCUT2D eigenvalue weighted by atomic mass is 10.1. The average molecular weight is 210 g/mol. The van der Waals surface area contributed by atoms with E-state index in [0.717, 1.165) is 0 Å². The van der Waals surface area contributed by atoms with E-state index in [1.807, 2.05) is 38.1 Å². The van der Waals surface area contributed by atoms with Gasteiger partial charge >= 0.3 is 0 Å². The van der Waals surface area contributed by atoms with Crippen molar-refractivity contribution in [3.63, 3.8) is 0 Å². The summed E-state index contributed by atoms with van der Waals surface area (Å²) >= 11 is 0. The number of methoxy groups -OCH3 is 1. The molecule has 84 valence electrons. The molecule has 1 rings (SSSR count). The molecule has 1 N–H and O–H groups in total. The summed E-state index contributed by atoms with van der Waals surface area (Å²) in [6.45, 7) is 4.03. The minimum absolute atomic E-state index is 0.00964. The van der Waals surface area contributed by atoms with E-state index in [1.165, 1.54) is 0 Å². The summed E-state index contributed by atoms with van der Waals surface area (Å²) in [5, 5.41) is 9.16. The fourth-order valence-corrected chi connectivity index (χ4v) is 1.26. The summed E-state index contributed by atoms with van der Waals surface area (Å²) in [6, 6.07) is 7.44. The fraction of sp³-hybridized carbons (Fsp3) is 0.500. The summed E-state index contributed by atoms with van der Waals surface area (Å²) in [5.74, 6) is 1.63. The van der Waals surface area contributed by atoms with E-state index in [-0.39, 0.29) is 18.6 Å². The molecule has 1 aromatic carbocycles. The predicted molar refractivity (Wildman–Crippen MR) is 59.3 cm³/mol. The molecular weight excluding hydrogens is 192 g/mol. The molecule has 1 atom stereocenters. The summed E-state index contributed by atoms with van der Waals surface area (Å²) in [5.41, 5.74) is 0. The van der Waals surface area contributed by atoms with Gasteiger partial charge in [-0.05, 0) is 18.1 Å². The van der Waals surface area contributed by atoms with Gasteiger partial charge in [-0.1, -0.05) is 26.0 Å². The average Bonchev–Trinajstić information content (AvgIpc) is 2.25. The normalized spacial score (nSPS) is 12.6. The van der Waals surface area contributed by atoms with Crippen molar-refractivity contribution in [3.05, 3.63) is 24.3 Å². The minimum atomic E-state index is -0.193. The smallest absolute Gasteiger partial charge is 0.161 e. The van der Waals surface area contributed by atoms with Crippen LogP contribution in [-0.2, 0) is 0 Å². The second-order valence-electron chi connectivity index (χ2n) is 3.73. The van der Waals surface area contributed by atoms with Crippen molar-refractivity contribution in [2.75, 3.05) is 13.7 Å². The van der Waals surface area contributed by atoms with Gasteiger partial charge in [-0.3, -0.25) is 0 Å². The number of hydrogen-bond acceptors (Lipinski definition) is 3. The van der Waals surface area contributed by atoms with Crippen LogP contribution in [0.25, 0.3) is 0 Å². The molecule has 0 fully saturated rings. The van der Waals surface area contributed by atoms with Gasteiger partial charge in [0, 0.05) is 0 Å². The molecule has 0 bridgehead atoms. The molecule has 15 heavy (non-hydrogen) atoms. The molecule has 0 radical (unpaired) electrons. The van der Waals surface area contributed by atoms with E-state index in [0.29, 0.717) is 11.5 Å². The van der Waals surface area contributed by atoms with Crippen LogP contribution in [0.5, 0.6) is 11.5 Å². The van der Waals surface area contributed by atoms with Crippen molar-refractivity contribution in [1.29, 1.82) is 0 Å². The first kappa shape index (κ1) is 11.9. The topological polar surface area (TPSA) is 38.7 Å². The van der Waals surface area contributed by atoms with Crippen molar-refractivity contribution >= 4 is 0 Å². The zero-order valence-corrected chi connectivity index (χ0v) is 9.43. The molecule has 0 amide bonds. The van der Waals surface area contributed by atoms with E-state index in [9.17, 15) is 0 Å². The van der Waals surface area contributed by atoms with Crippen LogP contribution in [0.3, 0.4) is 0 Å². The largest absolute Gasteiger partial charge is 0.493 e. The van der Waals surface area contributed by atoms with Gasteiger partial charge in [-0.15, -0.1) is 0 Å². The molecule has 0 heterocycles. The summed E-state index contributed by atoms with van der Waals surface area (Å²) in [4.78, 5) is 0. The number of hydrogen-bond donors (Lipinski definition) is 1. The molecule has 0 aromatic heterocycles. The van der Waals surface area contributed by atoms with Crippen LogP contribution in [0.15, 0.2) is 24.3 Å². The Hall–Kier alpha value is -1.22. The molecule has 0 aliphatic heterocycles. The van der Waals surface area contributed by atoms with E-state index in [1.54, 1.807) is 7.11 Å². The van der Waals surface area contributed by atoms with Crippen LogP contribution >= 0.6 is 0 Å². The molecule has 0 saturated heterocycles. The Bertz CT molecular complexity index is 297. The Morgan fingerprint density at radius 2 is 1.80 bits per heavy atom. The molecule has 0 aliphatic carbocycles. The zero-order chi connectivity index (χ0) is 11.3. The molecule has 0 saturated carbocycles. The molecule has 0 spiro atoms. The Balaban J connectivity index is 2.78. The van der Waals surface area contributed by atoms with Gasteiger partial charge in [0.25, 0.3) is 0 Å². The van der Waals surface area contributed by atoms with Crippen LogP contribution in [0.2, 0.25) is 0 Å². The highest BCUT2D eigenvalue weighted by atomic mass is 16.5. The van der Waals surface area contributed by atoms with Crippen molar-refractivity contribution in [3.8, 4) is 11.5 Å². The lowest BCUT2D eigenvalue weighted by Crippen LogP contribution is -2.27. The summed E-state index contributed by atoms with van der Waals surface area (Å²) < 4.78 is 10.8. The van der Waals surface area contributed by atoms with Crippen molar-refractivity contribution in [2.45, 2.75) is 20.0 Å². The Labute approximate surface area is 90.6 Å². The van der Waals surface area contributed by atoms with Gasteiger partial charge in [-0.25, -0.2) is 0 Å². The van der Waals surface area contributed by atoms with Crippen LogP contribution in [0, 0.1) is 5.92 Å². The summed E-state index contributed by atoms with van der Waals surface area (Å²) in [7, 11) is 1.60. The van der Waals surface area contributed by atoms with Gasteiger partial charge in [0.15, 0.2) is 11.5 Å². The van der Waals surface area contributed by atoms with E-state index in [2.05, 4.69) is 0 Å². The Morgan fingerprint density at radius 3 is 2.27 bits per heavy atom. The number of ether oxygens (including phenoxy) is 2. The third-order valence-corrected chi connectivity index (χ3v) is 2.27. The Kier molecular flexibility index (Phi) is 4.43. The monoisotopic (exact) mass is 210 g/mol. The van der Waals surface area contributed by atoms with E-state index >= 15 is 0 Å². The summed E-state index contributed by atoms with van der Waals surface area (Å²) in [6.07, 6.45) is -0.193. The van der Waals surface area contributed by atoms with E-state index in [4.69, 9.17) is 14.6 Å². The quantitative estimate of drug-likeness (QED) is 0.808. The third kappa shape index (κ3) is 3.13. The van der Waals surface area contributed by atoms with Gasteiger partial charge in [0.1, 0.15) is 6.10 Å². The van der Waals surface area contributed by atoms with Crippen molar-refractivity contribution in [2.24, 2.45) is 5.92 Å². The molecule has 1 aromatic rings. The van der Waals surface area contributed by atoms with Gasteiger partial charge in [-0.2, -0.15) is 0 Å². The van der Waals surface area contributed by atoms with Crippen LogP contribution in [0.4, 0.5) is 0 Å². The number of aliphatic hydroxyl groups is 1. The number of benzene rings is 1. The van der Waals surface area contributed by atoms with Crippen LogP contribution < -0.4 is 9.47 Å². The van der Waals surface area contributed by atoms with Crippen molar-refractivity contribution in [1.82, 2.24) is 0 Å². The van der Waals surface area contributed by atoms with Gasteiger partial charge < -0.3 is 14.6 Å². The number of para-hydroxylation sites is 2. The lowest BCUT2D eigenvalue weighted by molar-refractivity contribution is 0.0776. The highest BCUT2D eigenvalue weighted by Crippen LogP contribution is 2.27. The van der Waals surface area contributed by atoms with Gasteiger partial charge in [0.05, 0.1) is 13.7 Å². The maximum absolute atomic E-state index is 9.16. The fourth-order valence-electron chi connectivity index (χ4n) is 1.26. The van der Waals surface area contributed by atoms with Crippen LogP contribution in [-0.4, -0.2) is 24.9 Å². The minimum Gasteiger partial charge on any atom is -0.493 e. The highest BCUT2D eigenvalue weighted by Gasteiger charge is 2.15. The second-order valence-corrected chi connectivity index (χ2v) is 3.73. The van der Waals surface area contributed by atoms with Crippen molar-refractivity contribution < 1.29 is 14.6 Å². The lowest BCUT2D eigenvalue weighted by Gasteiger charge is -2.21. The second kappa shape index (κ2) is 5.61. The first-order valence-electron chi connectivity index (χ1n) is 5.09. The molecule has 3 heteroatoms.